The molecule has 1 aromatic carbocycles. The van der Waals surface area contributed by atoms with Gasteiger partial charge in [0, 0.05) is 5.22 Å². The van der Waals surface area contributed by atoms with Crippen LogP contribution in [0.15, 0.2) is 34.2 Å². The second-order valence-electron chi connectivity index (χ2n) is 7.23. The molecule has 10 nitrogen and oxygen atoms in total. The van der Waals surface area contributed by atoms with Gasteiger partial charge >= 0.3 is 17.9 Å². The fourth-order valence-corrected chi connectivity index (χ4v) is 3.12. The Morgan fingerprint density at radius 2 is 2.06 bits per heavy atom. The third kappa shape index (κ3) is 4.26. The SMILES string of the molecule is O=c1[nH]c(O)c(/C=c2/cnn3c(=NC4CC4)nc(Oc4cc(C(F)(F)F)ccc4Cl)nc23)[nH]1. The first-order chi connectivity index (χ1) is 15.7. The summed E-state index contributed by atoms with van der Waals surface area (Å²) in [6.07, 6.45) is -0.0606. The second-order valence-corrected chi connectivity index (χ2v) is 7.64. The summed E-state index contributed by atoms with van der Waals surface area (Å²) < 4.78 is 46.2. The number of rotatable bonds is 4. The lowest BCUT2D eigenvalue weighted by molar-refractivity contribution is -0.137. The van der Waals surface area contributed by atoms with E-state index in [9.17, 15) is 23.1 Å². The smallest absolute Gasteiger partial charge is 0.416 e. The van der Waals surface area contributed by atoms with E-state index < -0.39 is 17.4 Å². The zero-order chi connectivity index (χ0) is 23.3. The highest BCUT2D eigenvalue weighted by Crippen LogP contribution is 2.36. The fourth-order valence-electron chi connectivity index (χ4n) is 2.96. The van der Waals surface area contributed by atoms with Crippen molar-refractivity contribution in [1.29, 1.82) is 0 Å². The highest BCUT2D eigenvalue weighted by molar-refractivity contribution is 6.32. The molecule has 33 heavy (non-hydrogen) atoms. The largest absolute Gasteiger partial charge is 0.493 e. The molecule has 170 valence electrons. The summed E-state index contributed by atoms with van der Waals surface area (Å²) in [5.41, 5.74) is -1.16. The van der Waals surface area contributed by atoms with Crippen molar-refractivity contribution in [3.8, 4) is 17.6 Å². The molecule has 0 saturated heterocycles. The van der Waals surface area contributed by atoms with Gasteiger partial charge in [-0.05, 0) is 37.1 Å². The van der Waals surface area contributed by atoms with Gasteiger partial charge in [0.1, 0.15) is 11.4 Å². The van der Waals surface area contributed by atoms with Crippen molar-refractivity contribution in [1.82, 2.24) is 29.5 Å². The molecular formula is C19H13ClF3N7O3. The molecule has 0 radical (unpaired) electrons. The van der Waals surface area contributed by atoms with Crippen LogP contribution in [-0.4, -0.2) is 40.7 Å². The van der Waals surface area contributed by atoms with Crippen molar-refractivity contribution >= 4 is 23.3 Å². The molecule has 0 spiro atoms. The number of hydrogen-bond acceptors (Lipinski definition) is 7. The number of benzene rings is 1. The molecule has 0 atom stereocenters. The number of fused-ring (bicyclic) bond motifs is 1. The van der Waals surface area contributed by atoms with Gasteiger partial charge in [-0.25, -0.2) is 9.79 Å². The van der Waals surface area contributed by atoms with Crippen molar-refractivity contribution in [2.75, 3.05) is 0 Å². The highest BCUT2D eigenvalue weighted by atomic mass is 35.5. The number of H-pyrrole nitrogens is 2. The lowest BCUT2D eigenvalue weighted by Crippen LogP contribution is -2.23. The fraction of sp³-hybridized carbons (Fsp3) is 0.211. The Morgan fingerprint density at radius 3 is 2.73 bits per heavy atom. The Labute approximate surface area is 186 Å². The molecule has 1 aliphatic rings. The number of hydrogen-bond donors (Lipinski definition) is 3. The molecule has 3 aromatic heterocycles. The summed E-state index contributed by atoms with van der Waals surface area (Å²) in [7, 11) is 0. The maximum absolute atomic E-state index is 13.1. The molecule has 0 bridgehead atoms. The van der Waals surface area contributed by atoms with Gasteiger partial charge in [0.2, 0.25) is 5.88 Å². The van der Waals surface area contributed by atoms with E-state index in [0.29, 0.717) is 5.22 Å². The van der Waals surface area contributed by atoms with Crippen molar-refractivity contribution in [2.45, 2.75) is 25.1 Å². The van der Waals surface area contributed by atoms with Crippen molar-refractivity contribution in [3.05, 3.63) is 62.0 Å². The lowest BCUT2D eigenvalue weighted by atomic mass is 10.2. The third-order valence-corrected chi connectivity index (χ3v) is 5.01. The van der Waals surface area contributed by atoms with E-state index in [1.807, 2.05) is 0 Å². The molecule has 1 fully saturated rings. The summed E-state index contributed by atoms with van der Waals surface area (Å²) in [5, 5.41) is 14.3. The molecule has 5 rings (SSSR count). The van der Waals surface area contributed by atoms with Crippen LogP contribution in [0.3, 0.4) is 0 Å². The van der Waals surface area contributed by atoms with Crippen LogP contribution in [0.2, 0.25) is 5.02 Å². The van der Waals surface area contributed by atoms with E-state index in [1.165, 1.54) is 16.8 Å². The molecular weight excluding hydrogens is 467 g/mol. The summed E-state index contributed by atoms with van der Waals surface area (Å²) in [5.74, 6) is -0.672. The van der Waals surface area contributed by atoms with Gasteiger partial charge in [-0.1, -0.05) is 11.6 Å². The molecule has 0 aliphatic heterocycles. The Hall–Kier alpha value is -3.87. The van der Waals surface area contributed by atoms with Crippen LogP contribution in [0.25, 0.3) is 11.7 Å². The minimum Gasteiger partial charge on any atom is -0.493 e. The molecule has 1 aliphatic carbocycles. The number of nitrogens with one attached hydrogen (secondary N) is 2. The zero-order valence-corrected chi connectivity index (χ0v) is 17.1. The Balaban J connectivity index is 1.66. The topological polar surface area (TPSA) is 134 Å². The maximum atomic E-state index is 13.1. The van der Waals surface area contributed by atoms with Gasteiger partial charge in [0.25, 0.3) is 5.62 Å². The van der Waals surface area contributed by atoms with E-state index in [-0.39, 0.29) is 45.7 Å². The molecule has 3 N–H and O–H groups in total. The number of aromatic amines is 2. The second kappa shape index (κ2) is 7.62. The first-order valence-corrected chi connectivity index (χ1v) is 9.92. The third-order valence-electron chi connectivity index (χ3n) is 4.70. The lowest BCUT2D eigenvalue weighted by Gasteiger charge is -2.10. The van der Waals surface area contributed by atoms with Gasteiger partial charge in [-0.3, -0.25) is 4.98 Å². The van der Waals surface area contributed by atoms with E-state index in [1.54, 1.807) is 0 Å². The molecule has 0 unspecified atom stereocenters. The van der Waals surface area contributed by atoms with Crippen molar-refractivity contribution in [2.24, 2.45) is 4.99 Å². The Kier molecular flexibility index (Phi) is 4.85. The van der Waals surface area contributed by atoms with E-state index in [2.05, 4.69) is 30.0 Å². The summed E-state index contributed by atoms with van der Waals surface area (Å²) in [6.45, 7) is 0. The van der Waals surface area contributed by atoms with E-state index >= 15 is 0 Å². The predicted molar refractivity (Wildman–Crippen MR) is 108 cm³/mol. The number of aromatic hydroxyl groups is 1. The number of imidazole rings is 1. The molecule has 4 aromatic rings. The average molecular weight is 480 g/mol. The number of ether oxygens (including phenoxy) is 1. The average Bonchev–Trinajstić information content (AvgIpc) is 3.37. The highest BCUT2D eigenvalue weighted by Gasteiger charge is 2.31. The molecule has 0 amide bonds. The van der Waals surface area contributed by atoms with E-state index in [4.69, 9.17) is 16.3 Å². The van der Waals surface area contributed by atoms with E-state index in [0.717, 1.165) is 31.0 Å². The zero-order valence-electron chi connectivity index (χ0n) is 16.4. The first-order valence-electron chi connectivity index (χ1n) is 9.54. The van der Waals surface area contributed by atoms with Crippen LogP contribution in [-0.2, 0) is 6.18 Å². The summed E-state index contributed by atoms with van der Waals surface area (Å²) in [4.78, 5) is 28.9. The van der Waals surface area contributed by atoms with Gasteiger partial charge < -0.3 is 14.8 Å². The quantitative estimate of drug-likeness (QED) is 0.409. The number of aromatic nitrogens is 6. The minimum absolute atomic E-state index is 0.0368. The standard InChI is InChI=1S/C19H13ClF3N7O3/c20-11-4-1-9(19(21,22)23)6-13(11)33-18-27-14-8(5-12-15(31)28-17(32)26-12)7-24-30(14)16(29-18)25-10-2-3-10/h1,4-7,10,31H,2-3H2,(H2,26,28,32)/b8-5-,25-16?. The predicted octanol–water partition coefficient (Wildman–Crippen LogP) is 1.92. The number of halogens is 4. The van der Waals surface area contributed by atoms with Gasteiger partial charge in [0.15, 0.2) is 5.65 Å². The van der Waals surface area contributed by atoms with Gasteiger partial charge in [0.05, 0.1) is 22.8 Å². The van der Waals surface area contributed by atoms with Crippen LogP contribution < -0.4 is 21.3 Å². The van der Waals surface area contributed by atoms with Crippen LogP contribution in [0.1, 0.15) is 24.1 Å². The Morgan fingerprint density at radius 1 is 1.27 bits per heavy atom. The molecule has 14 heteroatoms. The van der Waals surface area contributed by atoms with Crippen LogP contribution >= 0.6 is 11.6 Å². The van der Waals surface area contributed by atoms with Gasteiger partial charge in [-0.2, -0.15) is 32.8 Å². The number of alkyl halides is 3. The van der Waals surface area contributed by atoms with Gasteiger partial charge in [-0.15, -0.1) is 0 Å². The minimum atomic E-state index is -4.59. The first kappa shape index (κ1) is 21.0. The number of nitrogens with zero attached hydrogens (tertiary/aromatic N) is 5. The van der Waals surface area contributed by atoms with Crippen LogP contribution in [0, 0.1) is 0 Å². The maximum Gasteiger partial charge on any atom is 0.416 e. The normalized spacial score (nSPS) is 15.5. The molecule has 1 saturated carbocycles. The summed E-state index contributed by atoms with van der Waals surface area (Å²) >= 11 is 6.03. The van der Waals surface area contributed by atoms with Crippen molar-refractivity contribution in [3.63, 3.8) is 0 Å². The van der Waals surface area contributed by atoms with Crippen LogP contribution in [0.5, 0.6) is 17.6 Å². The Bertz CT molecular complexity index is 1550. The van der Waals surface area contributed by atoms with Crippen LogP contribution in [0.4, 0.5) is 13.2 Å². The monoisotopic (exact) mass is 479 g/mol. The molecule has 3 heterocycles. The van der Waals surface area contributed by atoms with Crippen molar-refractivity contribution < 1.29 is 23.0 Å². The summed E-state index contributed by atoms with van der Waals surface area (Å²) in [6, 6.07) is 2.39.